The van der Waals surface area contributed by atoms with Crippen molar-refractivity contribution in [2.24, 2.45) is 11.3 Å². The van der Waals surface area contributed by atoms with E-state index in [1.165, 1.54) is 6.92 Å². The zero-order valence-corrected chi connectivity index (χ0v) is 15.6. The number of carboxylic acids is 1. The zero-order chi connectivity index (χ0) is 19.9. The number of carboxylic acid groups (broad SMARTS) is 1. The monoisotopic (exact) mass is 374 g/mol. The molecule has 0 heterocycles. The van der Waals surface area contributed by atoms with Crippen LogP contribution in [-0.4, -0.2) is 29.6 Å². The molecule has 1 aromatic carbocycles. The molecule has 2 unspecified atom stereocenters. The van der Waals surface area contributed by atoms with Gasteiger partial charge in [0.15, 0.2) is 0 Å². The smallest absolute Gasteiger partial charge is 0.333 e. The summed E-state index contributed by atoms with van der Waals surface area (Å²) in [5.41, 5.74) is -0.0969. The third-order valence-electron chi connectivity index (χ3n) is 5.08. The quantitative estimate of drug-likeness (QED) is 0.553. The minimum atomic E-state index is -1.19. The molecule has 1 saturated carbocycles. The molecule has 0 spiro atoms. The van der Waals surface area contributed by atoms with E-state index in [4.69, 9.17) is 9.47 Å². The number of benzene rings is 1. The Morgan fingerprint density at radius 1 is 1.19 bits per heavy atom. The summed E-state index contributed by atoms with van der Waals surface area (Å²) >= 11 is 0. The summed E-state index contributed by atoms with van der Waals surface area (Å²) in [6.45, 7) is 5.09. The van der Waals surface area contributed by atoms with Crippen LogP contribution in [0.2, 0.25) is 0 Å². The minimum absolute atomic E-state index is 0.0457. The van der Waals surface area contributed by atoms with Crippen LogP contribution in [0, 0.1) is 11.3 Å². The van der Waals surface area contributed by atoms with Crippen LogP contribution < -0.4 is 0 Å². The van der Waals surface area contributed by atoms with Gasteiger partial charge in [0.1, 0.15) is 6.61 Å². The zero-order valence-electron chi connectivity index (χ0n) is 15.6. The van der Waals surface area contributed by atoms with Gasteiger partial charge < -0.3 is 14.6 Å². The fraction of sp³-hybridized carbons (Fsp3) is 0.476. The average molecular weight is 374 g/mol. The number of carbonyl (C=O) groups is 3. The van der Waals surface area contributed by atoms with Gasteiger partial charge in [0.2, 0.25) is 0 Å². The molecule has 0 aromatic heterocycles. The topological polar surface area (TPSA) is 89.9 Å². The molecule has 146 valence electrons. The van der Waals surface area contributed by atoms with E-state index in [2.05, 4.69) is 6.58 Å². The maximum Gasteiger partial charge on any atom is 0.333 e. The molecule has 0 bridgehead atoms. The van der Waals surface area contributed by atoms with Crippen LogP contribution in [0.15, 0.2) is 42.5 Å². The van der Waals surface area contributed by atoms with Crippen molar-refractivity contribution in [2.45, 2.75) is 45.6 Å². The van der Waals surface area contributed by atoms with Gasteiger partial charge in [0.05, 0.1) is 17.9 Å². The molecule has 0 radical (unpaired) electrons. The van der Waals surface area contributed by atoms with Crippen molar-refractivity contribution in [1.29, 1.82) is 0 Å². The van der Waals surface area contributed by atoms with Gasteiger partial charge in [-0.05, 0) is 31.7 Å². The first-order chi connectivity index (χ1) is 12.9. The first-order valence-corrected chi connectivity index (χ1v) is 9.13. The highest BCUT2D eigenvalue weighted by molar-refractivity contribution is 5.87. The molecule has 6 nitrogen and oxygen atoms in total. The van der Waals surface area contributed by atoms with Gasteiger partial charge in [-0.3, -0.25) is 9.59 Å². The van der Waals surface area contributed by atoms with Crippen LogP contribution in [-0.2, 0) is 30.5 Å². The van der Waals surface area contributed by atoms with Crippen LogP contribution in [0.1, 0.15) is 44.6 Å². The van der Waals surface area contributed by atoms with Crippen LogP contribution in [0.4, 0.5) is 0 Å². The van der Waals surface area contributed by atoms with Crippen molar-refractivity contribution >= 4 is 17.9 Å². The third-order valence-corrected chi connectivity index (χ3v) is 5.08. The van der Waals surface area contributed by atoms with E-state index >= 15 is 0 Å². The Balaban J connectivity index is 2.14. The van der Waals surface area contributed by atoms with E-state index < -0.39 is 29.2 Å². The summed E-state index contributed by atoms with van der Waals surface area (Å²) in [5.74, 6) is -2.95. The fourth-order valence-electron chi connectivity index (χ4n) is 3.56. The summed E-state index contributed by atoms with van der Waals surface area (Å²) in [6.07, 6.45) is 2.41. The minimum Gasteiger partial charge on any atom is -0.481 e. The highest BCUT2D eigenvalue weighted by Gasteiger charge is 2.51. The van der Waals surface area contributed by atoms with Crippen LogP contribution >= 0.6 is 0 Å². The molecule has 1 aliphatic rings. The molecular formula is C21H26O6. The maximum atomic E-state index is 13.0. The molecule has 2 rings (SSSR count). The normalized spacial score (nSPS) is 21.9. The Hall–Kier alpha value is -2.63. The second kappa shape index (κ2) is 9.35. The SMILES string of the molecule is C=C(C)C(=O)OCCC1(C(=O)OCc2ccccc2)CCCCC1C(=O)O. The van der Waals surface area contributed by atoms with E-state index in [1.807, 2.05) is 30.3 Å². The summed E-state index contributed by atoms with van der Waals surface area (Å²) in [5, 5.41) is 9.68. The van der Waals surface area contributed by atoms with Gasteiger partial charge in [-0.1, -0.05) is 49.8 Å². The average Bonchev–Trinajstić information content (AvgIpc) is 2.66. The van der Waals surface area contributed by atoms with E-state index in [1.54, 1.807) is 0 Å². The largest absolute Gasteiger partial charge is 0.481 e. The van der Waals surface area contributed by atoms with Gasteiger partial charge >= 0.3 is 17.9 Å². The Bertz CT molecular complexity index is 696. The fourth-order valence-corrected chi connectivity index (χ4v) is 3.56. The number of ether oxygens (including phenoxy) is 2. The number of esters is 2. The lowest BCUT2D eigenvalue weighted by Crippen LogP contribution is -2.46. The second-order valence-corrected chi connectivity index (χ2v) is 7.02. The highest BCUT2D eigenvalue weighted by atomic mass is 16.5. The van der Waals surface area contributed by atoms with Crippen LogP contribution in [0.25, 0.3) is 0 Å². The number of carbonyl (C=O) groups excluding carboxylic acids is 2. The molecule has 1 aliphatic carbocycles. The van der Waals surface area contributed by atoms with Gasteiger partial charge in [0, 0.05) is 5.57 Å². The van der Waals surface area contributed by atoms with Crippen molar-refractivity contribution in [3.63, 3.8) is 0 Å². The van der Waals surface area contributed by atoms with Crippen molar-refractivity contribution in [1.82, 2.24) is 0 Å². The molecule has 6 heteroatoms. The van der Waals surface area contributed by atoms with E-state index in [0.717, 1.165) is 18.4 Å². The molecular weight excluding hydrogens is 348 g/mol. The van der Waals surface area contributed by atoms with Crippen molar-refractivity contribution in [2.75, 3.05) is 6.61 Å². The van der Waals surface area contributed by atoms with E-state index in [0.29, 0.717) is 12.8 Å². The maximum absolute atomic E-state index is 13.0. The van der Waals surface area contributed by atoms with E-state index in [-0.39, 0.29) is 25.2 Å². The molecule has 0 aliphatic heterocycles. The lowest BCUT2D eigenvalue weighted by Gasteiger charge is -2.39. The summed E-state index contributed by atoms with van der Waals surface area (Å²) in [6, 6.07) is 9.23. The Morgan fingerprint density at radius 3 is 2.52 bits per heavy atom. The van der Waals surface area contributed by atoms with Crippen LogP contribution in [0.5, 0.6) is 0 Å². The summed E-state index contributed by atoms with van der Waals surface area (Å²) in [7, 11) is 0. The molecule has 2 atom stereocenters. The first kappa shape index (κ1) is 20.7. The summed E-state index contributed by atoms with van der Waals surface area (Å²) in [4.78, 5) is 36.4. The van der Waals surface area contributed by atoms with Gasteiger partial charge in [-0.2, -0.15) is 0 Å². The standard InChI is InChI=1S/C21H26O6/c1-15(2)19(24)26-13-12-21(11-7-6-10-17(21)18(22)23)20(25)27-14-16-8-4-3-5-9-16/h3-5,8-9,17H,1,6-7,10-14H2,2H3,(H,22,23). The van der Waals surface area contributed by atoms with Crippen molar-refractivity contribution < 1.29 is 29.0 Å². The molecule has 1 N–H and O–H groups in total. The van der Waals surface area contributed by atoms with Crippen molar-refractivity contribution in [3.05, 3.63) is 48.0 Å². The molecule has 27 heavy (non-hydrogen) atoms. The molecule has 1 fully saturated rings. The Morgan fingerprint density at radius 2 is 1.89 bits per heavy atom. The van der Waals surface area contributed by atoms with E-state index in [9.17, 15) is 19.5 Å². The van der Waals surface area contributed by atoms with Crippen LogP contribution in [0.3, 0.4) is 0 Å². The Kier molecular flexibility index (Phi) is 7.16. The Labute approximate surface area is 159 Å². The third kappa shape index (κ3) is 5.18. The number of hydrogen-bond donors (Lipinski definition) is 1. The van der Waals surface area contributed by atoms with Gasteiger partial charge in [-0.15, -0.1) is 0 Å². The molecule has 0 amide bonds. The van der Waals surface area contributed by atoms with Gasteiger partial charge in [0.25, 0.3) is 0 Å². The van der Waals surface area contributed by atoms with Gasteiger partial charge in [-0.25, -0.2) is 4.79 Å². The number of rotatable bonds is 8. The predicted molar refractivity (Wildman–Crippen MR) is 98.7 cm³/mol. The van der Waals surface area contributed by atoms with Crippen molar-refractivity contribution in [3.8, 4) is 0 Å². The number of hydrogen-bond acceptors (Lipinski definition) is 5. The molecule has 1 aromatic rings. The lowest BCUT2D eigenvalue weighted by atomic mass is 9.64. The summed E-state index contributed by atoms with van der Waals surface area (Å²) < 4.78 is 10.6. The lowest BCUT2D eigenvalue weighted by molar-refractivity contribution is -0.174. The first-order valence-electron chi connectivity index (χ1n) is 9.13. The molecule has 0 saturated heterocycles. The number of aliphatic carboxylic acids is 1. The second-order valence-electron chi connectivity index (χ2n) is 7.02. The predicted octanol–water partition coefficient (Wildman–Crippen LogP) is 3.50. The highest BCUT2D eigenvalue weighted by Crippen LogP contribution is 2.45.